The highest BCUT2D eigenvalue weighted by molar-refractivity contribution is 8.00. The first-order chi connectivity index (χ1) is 10.3. The van der Waals surface area contributed by atoms with Gasteiger partial charge in [0, 0.05) is 9.79 Å². The number of nitrogens with zero attached hydrogens (tertiary/aromatic N) is 1. The van der Waals surface area contributed by atoms with Crippen LogP contribution in [0.1, 0.15) is 0 Å². The molecule has 0 saturated heterocycles. The molecule has 2 aromatic rings. The number of amides is 1. The zero-order chi connectivity index (χ0) is 14.9. The van der Waals surface area contributed by atoms with Gasteiger partial charge in [-0.1, -0.05) is 43.0 Å². The van der Waals surface area contributed by atoms with Crippen LogP contribution in [0.15, 0.2) is 83.1 Å². The largest absolute Gasteiger partial charge is 0.320 e. The first-order valence-electron chi connectivity index (χ1n) is 6.56. The van der Waals surface area contributed by atoms with Crippen LogP contribution in [0.3, 0.4) is 0 Å². The topological polar surface area (TPSA) is 20.3 Å². The minimum atomic E-state index is -0.0399. The van der Waals surface area contributed by atoms with E-state index in [9.17, 15) is 4.79 Å². The van der Waals surface area contributed by atoms with Gasteiger partial charge >= 0.3 is 0 Å². The number of hydrogen-bond acceptors (Lipinski definition) is 3. The third-order valence-electron chi connectivity index (χ3n) is 2.75. The van der Waals surface area contributed by atoms with Crippen molar-refractivity contribution >= 4 is 29.4 Å². The van der Waals surface area contributed by atoms with Crippen LogP contribution in [-0.2, 0) is 4.79 Å². The first-order valence-corrected chi connectivity index (χ1v) is 8.54. The minimum Gasteiger partial charge on any atom is -0.320 e. The number of rotatable bonds is 7. The molecule has 0 atom stereocenters. The van der Waals surface area contributed by atoms with Crippen molar-refractivity contribution in [2.45, 2.75) is 9.79 Å². The molecule has 0 heterocycles. The molecule has 0 aromatic heterocycles. The van der Waals surface area contributed by atoms with Crippen molar-refractivity contribution < 1.29 is 4.79 Å². The van der Waals surface area contributed by atoms with Gasteiger partial charge in [-0.2, -0.15) is 0 Å². The zero-order valence-corrected chi connectivity index (χ0v) is 13.3. The Balaban J connectivity index is 1.92. The summed E-state index contributed by atoms with van der Waals surface area (Å²) in [5, 5.41) is 0. The Morgan fingerprint density at radius 1 is 0.905 bits per heavy atom. The van der Waals surface area contributed by atoms with Gasteiger partial charge in [-0.05, 0) is 30.3 Å². The summed E-state index contributed by atoms with van der Waals surface area (Å²) in [6, 6.07) is 20.2. The highest BCUT2D eigenvalue weighted by Crippen LogP contribution is 2.23. The SMILES string of the molecule is C=CC(=O)N(CSc1ccccc1)CSc1ccccc1. The second-order valence-electron chi connectivity index (χ2n) is 4.26. The summed E-state index contributed by atoms with van der Waals surface area (Å²) in [6.45, 7) is 3.58. The predicted octanol–water partition coefficient (Wildman–Crippen LogP) is 4.50. The van der Waals surface area contributed by atoms with Crippen LogP contribution >= 0.6 is 23.5 Å². The summed E-state index contributed by atoms with van der Waals surface area (Å²) in [5.41, 5.74) is 0. The average molecular weight is 315 g/mol. The Bertz CT molecular complexity index is 528. The van der Waals surface area contributed by atoms with Crippen LogP contribution in [0.25, 0.3) is 0 Å². The molecule has 0 aliphatic carbocycles. The molecule has 0 fully saturated rings. The number of thioether (sulfide) groups is 2. The fraction of sp³-hybridized carbons (Fsp3) is 0.118. The molecule has 0 saturated carbocycles. The Hall–Kier alpha value is -1.65. The summed E-state index contributed by atoms with van der Waals surface area (Å²) in [7, 11) is 0. The second-order valence-corrected chi connectivity index (χ2v) is 6.29. The van der Waals surface area contributed by atoms with Gasteiger partial charge < -0.3 is 4.90 Å². The molecule has 4 heteroatoms. The molecule has 108 valence electrons. The quantitative estimate of drug-likeness (QED) is 0.426. The van der Waals surface area contributed by atoms with E-state index in [0.717, 1.165) is 9.79 Å². The monoisotopic (exact) mass is 315 g/mol. The molecular formula is C17H17NOS2. The molecule has 2 rings (SSSR count). The number of hydrogen-bond donors (Lipinski definition) is 0. The van der Waals surface area contributed by atoms with Crippen LogP contribution in [0, 0.1) is 0 Å². The molecule has 0 aliphatic rings. The van der Waals surface area contributed by atoms with Gasteiger partial charge in [-0.15, -0.1) is 23.5 Å². The zero-order valence-electron chi connectivity index (χ0n) is 11.6. The fourth-order valence-electron chi connectivity index (χ4n) is 1.63. The molecule has 21 heavy (non-hydrogen) atoms. The van der Waals surface area contributed by atoms with Crippen molar-refractivity contribution in [3.05, 3.63) is 73.3 Å². The Labute approximate surface area is 134 Å². The molecule has 0 aliphatic heterocycles. The minimum absolute atomic E-state index is 0.0399. The van der Waals surface area contributed by atoms with E-state index < -0.39 is 0 Å². The lowest BCUT2D eigenvalue weighted by atomic mass is 10.4. The lowest BCUT2D eigenvalue weighted by Gasteiger charge is -2.20. The van der Waals surface area contributed by atoms with Gasteiger partial charge in [-0.25, -0.2) is 0 Å². The molecule has 0 radical (unpaired) electrons. The van der Waals surface area contributed by atoms with Crippen molar-refractivity contribution in [2.24, 2.45) is 0 Å². The first kappa shape index (κ1) is 15.7. The standard InChI is InChI=1S/C17H17NOS2/c1-2-17(19)18(13-20-15-9-5-3-6-10-15)14-21-16-11-7-4-8-12-16/h2-12H,1,13-14H2. The molecular weight excluding hydrogens is 298 g/mol. The van der Waals surface area contributed by atoms with Crippen LogP contribution in [-0.4, -0.2) is 22.6 Å². The van der Waals surface area contributed by atoms with Gasteiger partial charge in [0.2, 0.25) is 5.91 Å². The third-order valence-corrected chi connectivity index (χ3v) is 4.84. The fourth-order valence-corrected chi connectivity index (χ4v) is 3.49. The molecule has 0 unspecified atom stereocenters. The van der Waals surface area contributed by atoms with Gasteiger partial charge in [0.1, 0.15) is 0 Å². The second kappa shape index (κ2) is 8.60. The van der Waals surface area contributed by atoms with Gasteiger partial charge in [-0.3, -0.25) is 4.79 Å². The smallest absolute Gasteiger partial charge is 0.247 e. The number of carbonyl (C=O) groups excluding carboxylic acids is 1. The normalized spacial score (nSPS) is 10.1. The maximum Gasteiger partial charge on any atom is 0.247 e. The van der Waals surface area contributed by atoms with E-state index in [-0.39, 0.29) is 5.91 Å². The highest BCUT2D eigenvalue weighted by Gasteiger charge is 2.11. The maximum atomic E-state index is 11.9. The van der Waals surface area contributed by atoms with Crippen molar-refractivity contribution in [1.82, 2.24) is 4.90 Å². The lowest BCUT2D eigenvalue weighted by Crippen LogP contribution is -2.28. The number of benzene rings is 2. The average Bonchev–Trinajstić information content (AvgIpc) is 2.56. The summed E-state index contributed by atoms with van der Waals surface area (Å²) in [4.78, 5) is 16.0. The van der Waals surface area contributed by atoms with E-state index in [2.05, 4.69) is 6.58 Å². The van der Waals surface area contributed by atoms with Crippen molar-refractivity contribution in [3.63, 3.8) is 0 Å². The molecule has 0 N–H and O–H groups in total. The van der Waals surface area contributed by atoms with E-state index in [1.807, 2.05) is 60.7 Å². The van der Waals surface area contributed by atoms with Crippen LogP contribution in [0.5, 0.6) is 0 Å². The van der Waals surface area contributed by atoms with Gasteiger partial charge in [0.25, 0.3) is 0 Å². The summed E-state index contributed by atoms with van der Waals surface area (Å²) >= 11 is 3.30. The van der Waals surface area contributed by atoms with Crippen molar-refractivity contribution in [1.29, 1.82) is 0 Å². The van der Waals surface area contributed by atoms with Crippen molar-refractivity contribution in [2.75, 3.05) is 11.8 Å². The maximum absolute atomic E-state index is 11.9. The van der Waals surface area contributed by atoms with E-state index in [4.69, 9.17) is 0 Å². The lowest BCUT2D eigenvalue weighted by molar-refractivity contribution is -0.124. The summed E-state index contributed by atoms with van der Waals surface area (Å²) < 4.78 is 0. The molecule has 2 aromatic carbocycles. The van der Waals surface area contributed by atoms with E-state index in [1.54, 1.807) is 28.4 Å². The van der Waals surface area contributed by atoms with E-state index in [0.29, 0.717) is 11.8 Å². The van der Waals surface area contributed by atoms with Crippen LogP contribution in [0.4, 0.5) is 0 Å². The number of carbonyl (C=O) groups is 1. The summed E-state index contributed by atoms with van der Waals surface area (Å²) in [5.74, 6) is 1.20. The molecule has 0 bridgehead atoms. The van der Waals surface area contributed by atoms with Crippen molar-refractivity contribution in [3.8, 4) is 0 Å². The predicted molar refractivity (Wildman–Crippen MR) is 91.4 cm³/mol. The Morgan fingerprint density at radius 3 is 1.71 bits per heavy atom. The Morgan fingerprint density at radius 2 is 1.33 bits per heavy atom. The Kier molecular flexibility index (Phi) is 6.44. The summed E-state index contributed by atoms with van der Waals surface area (Å²) in [6.07, 6.45) is 1.37. The third kappa shape index (κ3) is 5.33. The molecule has 1 amide bonds. The van der Waals surface area contributed by atoms with Gasteiger partial charge in [0.15, 0.2) is 0 Å². The molecule has 0 spiro atoms. The highest BCUT2D eigenvalue weighted by atomic mass is 32.2. The molecule has 2 nitrogen and oxygen atoms in total. The van der Waals surface area contributed by atoms with Crippen LogP contribution < -0.4 is 0 Å². The van der Waals surface area contributed by atoms with Crippen LogP contribution in [0.2, 0.25) is 0 Å². The van der Waals surface area contributed by atoms with E-state index >= 15 is 0 Å². The van der Waals surface area contributed by atoms with E-state index in [1.165, 1.54) is 6.08 Å². The van der Waals surface area contributed by atoms with Gasteiger partial charge in [0.05, 0.1) is 11.8 Å².